The largest absolute Gasteiger partial charge is 0.451 e. The molecule has 164 valence electrons. The lowest BCUT2D eigenvalue weighted by molar-refractivity contribution is 0.0910. The highest BCUT2D eigenvalue weighted by atomic mass is 32.2. The van der Waals surface area contributed by atoms with Crippen LogP contribution in [0.2, 0.25) is 0 Å². The molecule has 1 heterocycles. The number of hydrogen-bond acceptors (Lipinski definition) is 4. The van der Waals surface area contributed by atoms with Crippen molar-refractivity contribution in [2.24, 2.45) is 0 Å². The molecule has 1 amide bonds. The van der Waals surface area contributed by atoms with Crippen LogP contribution in [-0.4, -0.2) is 26.6 Å². The Labute approximate surface area is 188 Å². The molecule has 0 fully saturated rings. The van der Waals surface area contributed by atoms with E-state index < -0.39 is 15.7 Å². The summed E-state index contributed by atoms with van der Waals surface area (Å²) in [5, 5.41) is 3.69. The van der Waals surface area contributed by atoms with Gasteiger partial charge in [0.2, 0.25) is 0 Å². The molecule has 1 atom stereocenters. The maximum absolute atomic E-state index is 13.3. The predicted octanol–water partition coefficient (Wildman–Crippen LogP) is 4.93. The minimum absolute atomic E-state index is 0.0448. The molecular formula is C26H25NO4S. The monoisotopic (exact) mass is 447 g/mol. The summed E-state index contributed by atoms with van der Waals surface area (Å²) in [5.41, 5.74) is 3.04. The normalized spacial score (nSPS) is 12.7. The number of amides is 1. The van der Waals surface area contributed by atoms with Gasteiger partial charge in [-0.15, -0.1) is 0 Å². The zero-order valence-electron chi connectivity index (χ0n) is 18.0. The molecule has 0 aliphatic heterocycles. The van der Waals surface area contributed by atoms with Crippen LogP contribution in [0.15, 0.2) is 89.3 Å². The van der Waals surface area contributed by atoms with Crippen molar-refractivity contribution in [3.63, 3.8) is 0 Å². The molecule has 0 radical (unpaired) electrons. The summed E-state index contributed by atoms with van der Waals surface area (Å²) >= 11 is 0. The molecule has 0 aliphatic rings. The van der Waals surface area contributed by atoms with Crippen LogP contribution < -0.4 is 5.32 Å². The summed E-state index contributed by atoms with van der Waals surface area (Å²) in [6.07, 6.45) is 1.15. The molecule has 0 spiro atoms. The van der Waals surface area contributed by atoms with E-state index in [2.05, 4.69) is 5.32 Å². The number of carbonyl (C=O) groups excluding carboxylic acids is 1. The summed E-state index contributed by atoms with van der Waals surface area (Å²) in [7, 11) is -3.37. The van der Waals surface area contributed by atoms with E-state index in [1.54, 1.807) is 24.3 Å². The van der Waals surface area contributed by atoms with Crippen molar-refractivity contribution in [3.05, 3.63) is 107 Å². The van der Waals surface area contributed by atoms with Crippen molar-refractivity contribution in [2.75, 3.05) is 6.26 Å². The van der Waals surface area contributed by atoms with E-state index in [0.717, 1.165) is 17.4 Å². The van der Waals surface area contributed by atoms with Gasteiger partial charge in [-0.3, -0.25) is 4.79 Å². The minimum Gasteiger partial charge on any atom is -0.451 e. The standard InChI is InChI=1S/C26H25NO4S/c1-18(24(19-11-5-3-6-12-19)20-13-7-4-8-14-20)27-26(28)25-22(17-32(2,29)30)21-15-9-10-16-23(21)31-25/h3-16,18,24H,17H2,1-2H3,(H,27,28). The molecule has 4 aromatic rings. The fourth-order valence-electron chi connectivity index (χ4n) is 4.13. The van der Waals surface area contributed by atoms with Gasteiger partial charge in [-0.2, -0.15) is 0 Å². The van der Waals surface area contributed by atoms with Crippen LogP contribution in [-0.2, 0) is 15.6 Å². The van der Waals surface area contributed by atoms with Gasteiger partial charge in [-0.25, -0.2) is 8.42 Å². The van der Waals surface area contributed by atoms with E-state index in [-0.39, 0.29) is 23.5 Å². The summed E-state index contributed by atoms with van der Waals surface area (Å²) < 4.78 is 29.9. The summed E-state index contributed by atoms with van der Waals surface area (Å²) in [5.74, 6) is -0.723. The minimum atomic E-state index is -3.37. The molecule has 0 saturated heterocycles. The van der Waals surface area contributed by atoms with Gasteiger partial charge in [0.1, 0.15) is 5.58 Å². The van der Waals surface area contributed by atoms with Gasteiger partial charge in [0.05, 0.1) is 5.75 Å². The Morgan fingerprint density at radius 3 is 1.97 bits per heavy atom. The molecule has 4 rings (SSSR count). The number of para-hydroxylation sites is 1. The van der Waals surface area contributed by atoms with Crippen molar-refractivity contribution >= 4 is 26.7 Å². The van der Waals surface area contributed by atoms with Crippen molar-refractivity contribution in [3.8, 4) is 0 Å². The van der Waals surface area contributed by atoms with E-state index in [1.807, 2.05) is 67.6 Å². The van der Waals surface area contributed by atoms with Gasteiger partial charge >= 0.3 is 0 Å². The first-order valence-electron chi connectivity index (χ1n) is 10.4. The number of hydrogen-bond donors (Lipinski definition) is 1. The van der Waals surface area contributed by atoms with Gasteiger partial charge in [-0.05, 0) is 24.1 Å². The first kappa shape index (κ1) is 21.8. The first-order chi connectivity index (χ1) is 15.3. The highest BCUT2D eigenvalue weighted by molar-refractivity contribution is 7.89. The fourth-order valence-corrected chi connectivity index (χ4v) is 4.94. The Morgan fingerprint density at radius 2 is 1.41 bits per heavy atom. The van der Waals surface area contributed by atoms with Crippen molar-refractivity contribution in [2.45, 2.75) is 24.6 Å². The average Bonchev–Trinajstić information content (AvgIpc) is 3.12. The number of carbonyl (C=O) groups is 1. The van der Waals surface area contributed by atoms with Crippen LogP contribution in [0.3, 0.4) is 0 Å². The SMILES string of the molecule is CC(NC(=O)c1oc2ccccc2c1CS(C)(=O)=O)C(c1ccccc1)c1ccccc1. The molecule has 32 heavy (non-hydrogen) atoms. The lowest BCUT2D eigenvalue weighted by Crippen LogP contribution is -2.37. The van der Waals surface area contributed by atoms with E-state index in [9.17, 15) is 13.2 Å². The number of benzene rings is 3. The smallest absolute Gasteiger partial charge is 0.287 e. The second kappa shape index (κ2) is 9.01. The Kier molecular flexibility index (Phi) is 6.15. The molecular weight excluding hydrogens is 422 g/mol. The highest BCUT2D eigenvalue weighted by Gasteiger charge is 2.27. The molecule has 1 N–H and O–H groups in total. The number of nitrogens with one attached hydrogen (secondary N) is 1. The topological polar surface area (TPSA) is 76.4 Å². The fraction of sp³-hybridized carbons (Fsp3) is 0.192. The van der Waals surface area contributed by atoms with E-state index >= 15 is 0 Å². The molecule has 6 heteroatoms. The van der Waals surface area contributed by atoms with Crippen molar-refractivity contribution in [1.29, 1.82) is 0 Å². The number of sulfone groups is 1. The summed E-state index contributed by atoms with van der Waals surface area (Å²) in [6.45, 7) is 1.95. The Hall–Kier alpha value is -3.38. The molecule has 1 unspecified atom stereocenters. The second-order valence-electron chi connectivity index (χ2n) is 8.04. The van der Waals surface area contributed by atoms with Crippen molar-refractivity contribution < 1.29 is 17.6 Å². The average molecular weight is 448 g/mol. The second-order valence-corrected chi connectivity index (χ2v) is 10.2. The van der Waals surface area contributed by atoms with Crippen LogP contribution in [0.5, 0.6) is 0 Å². The van der Waals surface area contributed by atoms with Crippen LogP contribution in [0.1, 0.15) is 40.1 Å². The number of furan rings is 1. The van der Waals surface area contributed by atoms with Crippen LogP contribution in [0, 0.1) is 0 Å². The van der Waals surface area contributed by atoms with Crippen LogP contribution in [0.25, 0.3) is 11.0 Å². The van der Waals surface area contributed by atoms with Gasteiger partial charge < -0.3 is 9.73 Å². The van der Waals surface area contributed by atoms with E-state index in [0.29, 0.717) is 16.5 Å². The van der Waals surface area contributed by atoms with Crippen molar-refractivity contribution in [1.82, 2.24) is 5.32 Å². The maximum atomic E-state index is 13.3. The molecule has 5 nitrogen and oxygen atoms in total. The molecule has 0 saturated carbocycles. The van der Waals surface area contributed by atoms with E-state index in [1.165, 1.54) is 0 Å². The lowest BCUT2D eigenvalue weighted by Gasteiger charge is -2.26. The Bertz CT molecular complexity index is 1290. The Morgan fingerprint density at radius 1 is 0.875 bits per heavy atom. The molecule has 1 aromatic heterocycles. The van der Waals surface area contributed by atoms with Crippen LogP contribution in [0.4, 0.5) is 0 Å². The quantitative estimate of drug-likeness (QED) is 0.436. The third kappa shape index (κ3) is 4.75. The van der Waals surface area contributed by atoms with Gasteiger partial charge in [0.25, 0.3) is 5.91 Å². The third-order valence-corrected chi connectivity index (χ3v) is 6.30. The highest BCUT2D eigenvalue weighted by Crippen LogP contribution is 2.30. The molecule has 0 aliphatic carbocycles. The predicted molar refractivity (Wildman–Crippen MR) is 126 cm³/mol. The molecule has 0 bridgehead atoms. The van der Waals surface area contributed by atoms with Gasteiger partial charge in [0.15, 0.2) is 15.6 Å². The lowest BCUT2D eigenvalue weighted by atomic mass is 9.86. The third-order valence-electron chi connectivity index (χ3n) is 5.49. The van der Waals surface area contributed by atoms with Gasteiger partial charge in [0, 0.05) is 29.2 Å². The van der Waals surface area contributed by atoms with Crippen LogP contribution >= 0.6 is 0 Å². The summed E-state index contributed by atoms with van der Waals surface area (Å²) in [6, 6.07) is 26.8. The summed E-state index contributed by atoms with van der Waals surface area (Å²) in [4.78, 5) is 13.3. The zero-order valence-corrected chi connectivity index (χ0v) is 18.8. The Balaban J connectivity index is 1.70. The van der Waals surface area contributed by atoms with E-state index in [4.69, 9.17) is 4.42 Å². The zero-order chi connectivity index (χ0) is 22.7. The number of rotatable bonds is 7. The number of fused-ring (bicyclic) bond motifs is 1. The first-order valence-corrected chi connectivity index (χ1v) is 12.5. The maximum Gasteiger partial charge on any atom is 0.287 e. The van der Waals surface area contributed by atoms with Gasteiger partial charge in [-0.1, -0.05) is 78.9 Å². The molecule has 3 aromatic carbocycles.